The van der Waals surface area contributed by atoms with E-state index in [0.717, 1.165) is 0 Å². The van der Waals surface area contributed by atoms with Gasteiger partial charge >= 0.3 is 5.97 Å². The third-order valence-electron chi connectivity index (χ3n) is 1.45. The van der Waals surface area contributed by atoms with Crippen LogP contribution in [0.5, 0.6) is 0 Å². The number of carboxylic acids is 1. The van der Waals surface area contributed by atoms with Crippen molar-refractivity contribution in [3.8, 4) is 0 Å². The standard InChI is InChI=1S/C8H16N2O3/c1-10(2)6-4-7(11)9-5-3-8(12)13/h3-6H2,1-2H3,(H,9,11)(H,12,13). The highest BCUT2D eigenvalue weighted by molar-refractivity contribution is 5.76. The molecule has 0 spiro atoms. The molecular formula is C8H16N2O3. The molecular weight excluding hydrogens is 172 g/mol. The second-order valence-corrected chi connectivity index (χ2v) is 3.05. The maximum atomic E-state index is 11.0. The lowest BCUT2D eigenvalue weighted by Crippen LogP contribution is -2.29. The molecule has 0 saturated heterocycles. The van der Waals surface area contributed by atoms with Crippen LogP contribution in [0.25, 0.3) is 0 Å². The normalized spacial score (nSPS) is 10.1. The topological polar surface area (TPSA) is 69.6 Å². The summed E-state index contributed by atoms with van der Waals surface area (Å²) in [6, 6.07) is 0. The Bertz CT molecular complexity index is 180. The minimum Gasteiger partial charge on any atom is -0.481 e. The van der Waals surface area contributed by atoms with Crippen LogP contribution in [0.3, 0.4) is 0 Å². The van der Waals surface area contributed by atoms with E-state index in [1.165, 1.54) is 0 Å². The van der Waals surface area contributed by atoms with Crippen molar-refractivity contribution < 1.29 is 14.7 Å². The van der Waals surface area contributed by atoms with E-state index in [4.69, 9.17) is 5.11 Å². The molecule has 0 fully saturated rings. The minimum atomic E-state index is -0.895. The molecule has 76 valence electrons. The molecule has 0 bridgehead atoms. The number of amides is 1. The summed E-state index contributed by atoms with van der Waals surface area (Å²) in [4.78, 5) is 23.0. The van der Waals surface area contributed by atoms with Gasteiger partial charge in [0.15, 0.2) is 0 Å². The van der Waals surface area contributed by atoms with Gasteiger partial charge in [-0.15, -0.1) is 0 Å². The zero-order chi connectivity index (χ0) is 10.3. The third kappa shape index (κ3) is 8.81. The molecule has 0 saturated carbocycles. The lowest BCUT2D eigenvalue weighted by atomic mass is 10.3. The average Bonchev–Trinajstić information content (AvgIpc) is 2.00. The van der Waals surface area contributed by atoms with Gasteiger partial charge in [-0.2, -0.15) is 0 Å². The van der Waals surface area contributed by atoms with Gasteiger partial charge in [-0.3, -0.25) is 9.59 Å². The van der Waals surface area contributed by atoms with Crippen molar-refractivity contribution >= 4 is 11.9 Å². The first-order chi connectivity index (χ1) is 6.02. The van der Waals surface area contributed by atoms with Crippen molar-refractivity contribution in [2.24, 2.45) is 0 Å². The Kier molecular flexibility index (Phi) is 5.88. The van der Waals surface area contributed by atoms with E-state index in [1.54, 1.807) is 0 Å². The number of nitrogens with zero attached hydrogens (tertiary/aromatic N) is 1. The summed E-state index contributed by atoms with van der Waals surface area (Å²) in [5.41, 5.74) is 0. The van der Waals surface area contributed by atoms with Gasteiger partial charge in [0.25, 0.3) is 0 Å². The van der Waals surface area contributed by atoms with Crippen molar-refractivity contribution in [3.63, 3.8) is 0 Å². The molecule has 0 aliphatic rings. The molecule has 13 heavy (non-hydrogen) atoms. The number of nitrogens with one attached hydrogen (secondary N) is 1. The largest absolute Gasteiger partial charge is 0.481 e. The predicted octanol–water partition coefficient (Wildman–Crippen LogP) is -0.471. The fourth-order valence-corrected chi connectivity index (χ4v) is 0.722. The lowest BCUT2D eigenvalue weighted by Gasteiger charge is -2.08. The van der Waals surface area contributed by atoms with Gasteiger partial charge < -0.3 is 15.3 Å². The molecule has 2 N–H and O–H groups in total. The highest BCUT2D eigenvalue weighted by Gasteiger charge is 2.02. The van der Waals surface area contributed by atoms with E-state index in [1.807, 2.05) is 19.0 Å². The van der Waals surface area contributed by atoms with Gasteiger partial charge in [0.05, 0.1) is 6.42 Å². The Hall–Kier alpha value is -1.10. The Morgan fingerprint density at radius 2 is 1.92 bits per heavy atom. The van der Waals surface area contributed by atoms with E-state index in [-0.39, 0.29) is 18.9 Å². The fourth-order valence-electron chi connectivity index (χ4n) is 0.722. The number of carbonyl (C=O) groups excluding carboxylic acids is 1. The van der Waals surface area contributed by atoms with Crippen LogP contribution in [-0.2, 0) is 9.59 Å². The summed E-state index contributed by atoms with van der Waals surface area (Å²) in [7, 11) is 3.76. The SMILES string of the molecule is CN(C)CCC(=O)NCCC(=O)O. The predicted molar refractivity (Wildman–Crippen MR) is 48.4 cm³/mol. The number of carboxylic acid groups (broad SMARTS) is 1. The number of aliphatic carboxylic acids is 1. The van der Waals surface area contributed by atoms with E-state index in [2.05, 4.69) is 5.32 Å². The Balaban J connectivity index is 3.35. The summed E-state index contributed by atoms with van der Waals surface area (Å²) >= 11 is 0. The van der Waals surface area contributed by atoms with Gasteiger partial charge in [0.2, 0.25) is 5.91 Å². The summed E-state index contributed by atoms with van der Waals surface area (Å²) < 4.78 is 0. The second-order valence-electron chi connectivity index (χ2n) is 3.05. The molecule has 1 amide bonds. The molecule has 5 nitrogen and oxygen atoms in total. The van der Waals surface area contributed by atoms with Crippen LogP contribution in [0, 0.1) is 0 Å². The Morgan fingerprint density at radius 1 is 1.31 bits per heavy atom. The number of rotatable bonds is 6. The molecule has 0 radical (unpaired) electrons. The molecule has 0 aromatic carbocycles. The molecule has 0 heterocycles. The monoisotopic (exact) mass is 188 g/mol. The van der Waals surface area contributed by atoms with E-state index in [0.29, 0.717) is 13.0 Å². The van der Waals surface area contributed by atoms with E-state index < -0.39 is 5.97 Å². The summed E-state index contributed by atoms with van der Waals surface area (Å²) in [6.07, 6.45) is 0.389. The molecule has 5 heteroatoms. The van der Waals surface area contributed by atoms with Crippen LogP contribution in [0.4, 0.5) is 0 Å². The van der Waals surface area contributed by atoms with Crippen LogP contribution in [0.15, 0.2) is 0 Å². The zero-order valence-corrected chi connectivity index (χ0v) is 8.04. The van der Waals surface area contributed by atoms with Crippen molar-refractivity contribution in [1.82, 2.24) is 10.2 Å². The molecule has 0 aliphatic carbocycles. The first kappa shape index (κ1) is 11.9. The zero-order valence-electron chi connectivity index (χ0n) is 8.04. The van der Waals surface area contributed by atoms with Crippen molar-refractivity contribution in [2.75, 3.05) is 27.2 Å². The smallest absolute Gasteiger partial charge is 0.305 e. The average molecular weight is 188 g/mol. The third-order valence-corrected chi connectivity index (χ3v) is 1.45. The maximum Gasteiger partial charge on any atom is 0.305 e. The molecule has 0 atom stereocenters. The van der Waals surface area contributed by atoms with Gasteiger partial charge in [0.1, 0.15) is 0 Å². The first-order valence-corrected chi connectivity index (χ1v) is 4.15. The van der Waals surface area contributed by atoms with E-state index in [9.17, 15) is 9.59 Å². The number of hydrogen-bond donors (Lipinski definition) is 2. The lowest BCUT2D eigenvalue weighted by molar-refractivity contribution is -0.136. The van der Waals surface area contributed by atoms with Gasteiger partial charge in [0, 0.05) is 19.5 Å². The highest BCUT2D eigenvalue weighted by atomic mass is 16.4. The Labute approximate surface area is 77.7 Å². The second kappa shape index (κ2) is 6.42. The Morgan fingerprint density at radius 3 is 2.38 bits per heavy atom. The van der Waals surface area contributed by atoms with Crippen molar-refractivity contribution in [2.45, 2.75) is 12.8 Å². The fraction of sp³-hybridized carbons (Fsp3) is 0.750. The molecule has 0 aromatic heterocycles. The first-order valence-electron chi connectivity index (χ1n) is 4.15. The van der Waals surface area contributed by atoms with Crippen LogP contribution in [0.2, 0.25) is 0 Å². The molecule has 0 aliphatic heterocycles. The van der Waals surface area contributed by atoms with E-state index >= 15 is 0 Å². The van der Waals surface area contributed by atoms with Crippen LogP contribution < -0.4 is 5.32 Å². The van der Waals surface area contributed by atoms with Crippen LogP contribution >= 0.6 is 0 Å². The quantitative estimate of drug-likeness (QED) is 0.591. The molecule has 0 aromatic rings. The van der Waals surface area contributed by atoms with Gasteiger partial charge in [-0.05, 0) is 14.1 Å². The highest BCUT2D eigenvalue weighted by Crippen LogP contribution is 1.84. The van der Waals surface area contributed by atoms with Crippen molar-refractivity contribution in [3.05, 3.63) is 0 Å². The van der Waals surface area contributed by atoms with Crippen LogP contribution in [0.1, 0.15) is 12.8 Å². The summed E-state index contributed by atoms with van der Waals surface area (Å²) in [5.74, 6) is -0.997. The summed E-state index contributed by atoms with van der Waals surface area (Å²) in [5, 5.41) is 10.8. The van der Waals surface area contributed by atoms with Gasteiger partial charge in [-0.1, -0.05) is 0 Å². The minimum absolute atomic E-state index is 0.0201. The van der Waals surface area contributed by atoms with Crippen LogP contribution in [-0.4, -0.2) is 49.1 Å². The summed E-state index contributed by atoms with van der Waals surface area (Å²) in [6.45, 7) is 0.889. The van der Waals surface area contributed by atoms with Crippen molar-refractivity contribution in [1.29, 1.82) is 0 Å². The molecule has 0 rings (SSSR count). The maximum absolute atomic E-state index is 11.0. The number of carbonyl (C=O) groups is 2. The molecule has 0 unspecified atom stereocenters. The van der Waals surface area contributed by atoms with Gasteiger partial charge in [-0.25, -0.2) is 0 Å². The number of hydrogen-bond acceptors (Lipinski definition) is 3.